The molecule has 1 aliphatic heterocycles. The van der Waals surface area contributed by atoms with Gasteiger partial charge in [-0.05, 0) is 30.7 Å². The van der Waals surface area contributed by atoms with E-state index in [2.05, 4.69) is 5.32 Å². The molecule has 3 rings (SSSR count). The summed E-state index contributed by atoms with van der Waals surface area (Å²) >= 11 is 5.54. The van der Waals surface area contributed by atoms with Gasteiger partial charge in [0, 0.05) is 30.4 Å². The minimum Gasteiger partial charge on any atom is -0.390 e. The van der Waals surface area contributed by atoms with Crippen molar-refractivity contribution >= 4 is 33.2 Å². The third-order valence-electron chi connectivity index (χ3n) is 4.45. The predicted molar refractivity (Wildman–Crippen MR) is 100 cm³/mol. The Hall–Kier alpha value is -2.14. The standard InChI is InChI=1S/C18H16ClF3N2O4S/c19-13-7-11(8-14(20)17(13)22)23-18(26)10-2-1-3-12(6-10)29(27,28)24-5-4-16(25)15(21)9-24/h1-3,6-8,15-16,25H,4-5,9H2,(H,23,26). The number of carbonyl (C=O) groups is 1. The van der Waals surface area contributed by atoms with Gasteiger partial charge in [0.2, 0.25) is 10.0 Å². The lowest BCUT2D eigenvalue weighted by Crippen LogP contribution is -2.47. The van der Waals surface area contributed by atoms with E-state index < -0.39 is 51.4 Å². The van der Waals surface area contributed by atoms with Crippen LogP contribution in [-0.4, -0.2) is 49.1 Å². The molecule has 2 unspecified atom stereocenters. The topological polar surface area (TPSA) is 86.7 Å². The summed E-state index contributed by atoms with van der Waals surface area (Å²) in [5, 5.41) is 11.2. The number of amides is 1. The van der Waals surface area contributed by atoms with Crippen LogP contribution in [0.15, 0.2) is 41.3 Å². The van der Waals surface area contributed by atoms with Gasteiger partial charge in [0.1, 0.15) is 6.17 Å². The molecule has 1 fully saturated rings. The maximum atomic E-state index is 13.7. The van der Waals surface area contributed by atoms with E-state index in [9.17, 15) is 31.5 Å². The number of anilines is 1. The maximum absolute atomic E-state index is 13.7. The first-order chi connectivity index (χ1) is 13.6. The molecule has 1 saturated heterocycles. The van der Waals surface area contributed by atoms with Gasteiger partial charge >= 0.3 is 0 Å². The van der Waals surface area contributed by atoms with Gasteiger partial charge in [-0.15, -0.1) is 0 Å². The predicted octanol–water partition coefficient (Wildman–Crippen LogP) is 2.96. The second-order valence-electron chi connectivity index (χ2n) is 6.47. The zero-order valence-electron chi connectivity index (χ0n) is 14.8. The zero-order valence-corrected chi connectivity index (χ0v) is 16.4. The third-order valence-corrected chi connectivity index (χ3v) is 6.58. The van der Waals surface area contributed by atoms with Crippen LogP contribution in [0.3, 0.4) is 0 Å². The Morgan fingerprint density at radius 2 is 1.97 bits per heavy atom. The van der Waals surface area contributed by atoms with Crippen LogP contribution in [0, 0.1) is 11.6 Å². The third kappa shape index (κ3) is 4.55. The highest BCUT2D eigenvalue weighted by atomic mass is 35.5. The van der Waals surface area contributed by atoms with Crippen molar-refractivity contribution in [2.75, 3.05) is 18.4 Å². The van der Waals surface area contributed by atoms with Crippen LogP contribution in [0.1, 0.15) is 16.8 Å². The maximum Gasteiger partial charge on any atom is 0.255 e. The van der Waals surface area contributed by atoms with Gasteiger partial charge in [-0.25, -0.2) is 21.6 Å². The molecule has 1 heterocycles. The van der Waals surface area contributed by atoms with Gasteiger partial charge in [-0.1, -0.05) is 17.7 Å². The highest BCUT2D eigenvalue weighted by Gasteiger charge is 2.35. The van der Waals surface area contributed by atoms with E-state index >= 15 is 0 Å². The van der Waals surface area contributed by atoms with Crippen LogP contribution in [-0.2, 0) is 10.0 Å². The lowest BCUT2D eigenvalue weighted by atomic mass is 10.1. The average Bonchev–Trinajstić information content (AvgIpc) is 2.68. The van der Waals surface area contributed by atoms with Gasteiger partial charge in [0.05, 0.1) is 16.0 Å². The number of rotatable bonds is 4. The van der Waals surface area contributed by atoms with E-state index in [0.717, 1.165) is 22.5 Å². The number of nitrogens with one attached hydrogen (secondary N) is 1. The number of hydrogen-bond donors (Lipinski definition) is 2. The number of piperidine rings is 1. The van der Waals surface area contributed by atoms with Crippen molar-refractivity contribution in [1.82, 2.24) is 4.31 Å². The van der Waals surface area contributed by atoms with Gasteiger partial charge in [-0.3, -0.25) is 4.79 Å². The molecule has 0 aliphatic carbocycles. The number of hydrogen-bond acceptors (Lipinski definition) is 4. The van der Waals surface area contributed by atoms with E-state index in [1.54, 1.807) is 0 Å². The molecule has 0 saturated carbocycles. The first kappa shape index (κ1) is 21.6. The molecule has 1 aliphatic rings. The number of benzene rings is 2. The lowest BCUT2D eigenvalue weighted by molar-refractivity contribution is 0.0303. The summed E-state index contributed by atoms with van der Waals surface area (Å²) in [6.45, 7) is -0.555. The number of sulfonamides is 1. The van der Waals surface area contributed by atoms with E-state index in [1.807, 2.05) is 0 Å². The second kappa shape index (κ2) is 8.31. The molecule has 0 aromatic heterocycles. The summed E-state index contributed by atoms with van der Waals surface area (Å²) in [6, 6.07) is 6.74. The molecule has 11 heteroatoms. The van der Waals surface area contributed by atoms with Gasteiger partial charge in [0.25, 0.3) is 5.91 Å². The number of alkyl halides is 1. The molecule has 2 N–H and O–H groups in total. The summed E-state index contributed by atoms with van der Waals surface area (Å²) in [5.41, 5.74) is -0.182. The highest BCUT2D eigenvalue weighted by molar-refractivity contribution is 7.89. The Morgan fingerprint density at radius 3 is 2.62 bits per heavy atom. The van der Waals surface area contributed by atoms with Crippen molar-refractivity contribution in [1.29, 1.82) is 0 Å². The smallest absolute Gasteiger partial charge is 0.255 e. The van der Waals surface area contributed by atoms with Gasteiger partial charge < -0.3 is 10.4 Å². The van der Waals surface area contributed by atoms with Crippen LogP contribution in [0.4, 0.5) is 18.9 Å². The molecule has 0 bridgehead atoms. The number of carbonyl (C=O) groups excluding carboxylic acids is 1. The molecule has 6 nitrogen and oxygen atoms in total. The molecular formula is C18H16ClF3N2O4S. The molecule has 2 aromatic rings. The molecule has 0 radical (unpaired) electrons. The van der Waals surface area contributed by atoms with Crippen LogP contribution >= 0.6 is 11.6 Å². The number of aliphatic hydroxyl groups is 1. The van der Waals surface area contributed by atoms with E-state index in [-0.39, 0.29) is 29.1 Å². The second-order valence-corrected chi connectivity index (χ2v) is 8.82. The first-order valence-corrected chi connectivity index (χ1v) is 10.3. The SMILES string of the molecule is O=C(Nc1cc(F)c(F)c(Cl)c1)c1cccc(S(=O)(=O)N2CCC(O)C(F)C2)c1. The summed E-state index contributed by atoms with van der Waals surface area (Å²) < 4.78 is 66.8. The molecule has 0 spiro atoms. The zero-order chi connectivity index (χ0) is 21.3. The van der Waals surface area contributed by atoms with Crippen molar-refractivity contribution in [2.45, 2.75) is 23.6 Å². The van der Waals surface area contributed by atoms with Gasteiger partial charge in [0.15, 0.2) is 11.6 Å². The molecule has 1 amide bonds. The van der Waals surface area contributed by atoms with Crippen molar-refractivity contribution < 1.29 is 31.5 Å². The normalized spacial score (nSPS) is 20.4. The van der Waals surface area contributed by atoms with Crippen molar-refractivity contribution in [3.63, 3.8) is 0 Å². The number of halogens is 4. The highest BCUT2D eigenvalue weighted by Crippen LogP contribution is 2.25. The van der Waals surface area contributed by atoms with Crippen LogP contribution in [0.2, 0.25) is 5.02 Å². The fraction of sp³-hybridized carbons (Fsp3) is 0.278. The fourth-order valence-corrected chi connectivity index (χ4v) is 4.58. The molecule has 2 aromatic carbocycles. The summed E-state index contributed by atoms with van der Waals surface area (Å²) in [7, 11) is -4.09. The van der Waals surface area contributed by atoms with E-state index in [0.29, 0.717) is 0 Å². The summed E-state index contributed by atoms with van der Waals surface area (Å²) in [6.07, 6.45) is -2.97. The monoisotopic (exact) mass is 448 g/mol. The molecule has 2 atom stereocenters. The lowest BCUT2D eigenvalue weighted by Gasteiger charge is -2.31. The summed E-state index contributed by atoms with van der Waals surface area (Å²) in [5.74, 6) is -3.28. The van der Waals surface area contributed by atoms with E-state index in [4.69, 9.17) is 11.6 Å². The Morgan fingerprint density at radius 1 is 1.24 bits per heavy atom. The fourth-order valence-electron chi connectivity index (χ4n) is 2.86. The van der Waals surface area contributed by atoms with Gasteiger partial charge in [-0.2, -0.15) is 4.31 Å². The van der Waals surface area contributed by atoms with Crippen LogP contribution in [0.25, 0.3) is 0 Å². The number of aliphatic hydroxyl groups excluding tert-OH is 1. The molecule has 29 heavy (non-hydrogen) atoms. The minimum atomic E-state index is -4.09. The largest absolute Gasteiger partial charge is 0.390 e. The van der Waals surface area contributed by atoms with Crippen molar-refractivity contribution in [2.24, 2.45) is 0 Å². The van der Waals surface area contributed by atoms with Crippen molar-refractivity contribution in [3.05, 3.63) is 58.6 Å². The Labute approximate surface area is 169 Å². The van der Waals surface area contributed by atoms with Crippen molar-refractivity contribution in [3.8, 4) is 0 Å². The average molecular weight is 449 g/mol. The Kier molecular flexibility index (Phi) is 6.18. The minimum absolute atomic E-state index is 0.0442. The quantitative estimate of drug-likeness (QED) is 0.704. The van der Waals surface area contributed by atoms with E-state index in [1.165, 1.54) is 18.2 Å². The first-order valence-electron chi connectivity index (χ1n) is 8.48. The number of nitrogens with zero attached hydrogens (tertiary/aromatic N) is 1. The molecule has 156 valence electrons. The van der Waals surface area contributed by atoms with Crippen LogP contribution in [0.5, 0.6) is 0 Å². The van der Waals surface area contributed by atoms with Crippen LogP contribution < -0.4 is 5.32 Å². The Balaban J connectivity index is 1.83. The molecular weight excluding hydrogens is 433 g/mol. The summed E-state index contributed by atoms with van der Waals surface area (Å²) in [4.78, 5) is 12.2. The Bertz CT molecular complexity index is 1030.